The number of carbonyl (C=O) groups excluding carboxylic acids is 2. The second-order valence-corrected chi connectivity index (χ2v) is 6.55. The molecule has 2 bridgehead atoms. The third-order valence-corrected chi connectivity index (χ3v) is 4.92. The van der Waals surface area contributed by atoms with Gasteiger partial charge in [-0.15, -0.1) is 0 Å². The largest absolute Gasteiger partial charge is 0.496 e. The van der Waals surface area contributed by atoms with Crippen LogP contribution in [0.3, 0.4) is 0 Å². The number of benzene rings is 1. The summed E-state index contributed by atoms with van der Waals surface area (Å²) in [6.45, 7) is 2.96. The molecule has 1 amide bonds. The Morgan fingerprint density at radius 1 is 1.28 bits per heavy atom. The molecule has 0 aromatic heterocycles. The van der Waals surface area contributed by atoms with E-state index in [9.17, 15) is 9.59 Å². The molecular formula is C18H24N2O5. The lowest BCUT2D eigenvalue weighted by atomic mass is 10.1. The third kappa shape index (κ3) is 3.62. The zero-order valence-electron chi connectivity index (χ0n) is 14.9. The average molecular weight is 348 g/mol. The van der Waals surface area contributed by atoms with Gasteiger partial charge in [-0.25, -0.2) is 4.79 Å². The summed E-state index contributed by atoms with van der Waals surface area (Å²) in [6, 6.07) is 5.31. The molecule has 2 aliphatic heterocycles. The second-order valence-electron chi connectivity index (χ2n) is 6.55. The quantitative estimate of drug-likeness (QED) is 0.749. The third-order valence-electron chi connectivity index (χ3n) is 4.92. The van der Waals surface area contributed by atoms with Gasteiger partial charge in [0.05, 0.1) is 45.0 Å². The topological polar surface area (TPSA) is 68.3 Å². The van der Waals surface area contributed by atoms with Crippen molar-refractivity contribution in [3.63, 3.8) is 0 Å². The molecule has 1 aromatic rings. The number of methoxy groups -OCH3 is 2. The fraction of sp³-hybridized carbons (Fsp3) is 0.556. The van der Waals surface area contributed by atoms with Crippen molar-refractivity contribution in [2.24, 2.45) is 5.92 Å². The van der Waals surface area contributed by atoms with Crippen molar-refractivity contribution >= 4 is 11.9 Å². The molecule has 25 heavy (non-hydrogen) atoms. The van der Waals surface area contributed by atoms with E-state index < -0.39 is 0 Å². The van der Waals surface area contributed by atoms with Crippen molar-refractivity contribution in [1.29, 1.82) is 0 Å². The first-order valence-corrected chi connectivity index (χ1v) is 8.35. The molecule has 2 saturated heterocycles. The van der Waals surface area contributed by atoms with E-state index in [0.29, 0.717) is 31.9 Å². The Labute approximate surface area is 147 Å². The van der Waals surface area contributed by atoms with Gasteiger partial charge in [-0.3, -0.25) is 9.69 Å². The normalized spacial score (nSPS) is 24.0. The minimum Gasteiger partial charge on any atom is -0.496 e. The first-order chi connectivity index (χ1) is 12.0. The smallest absolute Gasteiger partial charge is 0.337 e. The van der Waals surface area contributed by atoms with Crippen molar-refractivity contribution in [3.8, 4) is 5.75 Å². The van der Waals surface area contributed by atoms with Crippen molar-refractivity contribution in [1.82, 2.24) is 9.80 Å². The molecule has 7 heteroatoms. The SMILES string of the molecule is COC(=O)c1ccc(OC)c(CN2C[C@@H]3COC[C@H](C2)N(C)C3=O)c1. The van der Waals surface area contributed by atoms with Gasteiger partial charge in [-0.1, -0.05) is 0 Å². The molecule has 2 aliphatic rings. The monoisotopic (exact) mass is 348 g/mol. The Hall–Kier alpha value is -2.12. The van der Waals surface area contributed by atoms with Crippen molar-refractivity contribution in [3.05, 3.63) is 29.3 Å². The van der Waals surface area contributed by atoms with E-state index in [2.05, 4.69) is 4.90 Å². The van der Waals surface area contributed by atoms with Gasteiger partial charge in [0.25, 0.3) is 0 Å². The summed E-state index contributed by atoms with van der Waals surface area (Å²) < 4.78 is 15.9. The fourth-order valence-electron chi connectivity index (χ4n) is 3.50. The summed E-state index contributed by atoms with van der Waals surface area (Å²) >= 11 is 0. The van der Waals surface area contributed by atoms with Crippen LogP contribution in [0.4, 0.5) is 0 Å². The molecule has 0 spiro atoms. The highest BCUT2D eigenvalue weighted by Crippen LogP contribution is 2.26. The van der Waals surface area contributed by atoms with Crippen LogP contribution in [-0.4, -0.2) is 75.3 Å². The molecule has 0 N–H and O–H groups in total. The number of likely N-dealkylation sites (N-methyl/N-ethyl adjacent to an activating group) is 1. The number of esters is 1. The Balaban J connectivity index is 1.84. The Kier molecular flexibility index (Phi) is 5.24. The highest BCUT2D eigenvalue weighted by molar-refractivity contribution is 5.89. The van der Waals surface area contributed by atoms with Gasteiger partial charge >= 0.3 is 5.97 Å². The van der Waals surface area contributed by atoms with Crippen molar-refractivity contribution < 1.29 is 23.8 Å². The average Bonchev–Trinajstić information content (AvgIpc) is 2.80. The van der Waals surface area contributed by atoms with Crippen LogP contribution < -0.4 is 4.74 Å². The maximum Gasteiger partial charge on any atom is 0.337 e. The van der Waals surface area contributed by atoms with Gasteiger partial charge in [0.15, 0.2) is 0 Å². The summed E-state index contributed by atoms with van der Waals surface area (Å²) in [4.78, 5) is 28.3. The van der Waals surface area contributed by atoms with Crippen LogP contribution in [0.2, 0.25) is 0 Å². The highest BCUT2D eigenvalue weighted by Gasteiger charge is 2.37. The molecule has 2 atom stereocenters. The molecule has 1 aromatic carbocycles. The molecule has 0 aliphatic carbocycles. The number of amides is 1. The van der Waals surface area contributed by atoms with E-state index in [1.165, 1.54) is 7.11 Å². The highest BCUT2D eigenvalue weighted by atomic mass is 16.5. The molecule has 7 nitrogen and oxygen atoms in total. The zero-order valence-corrected chi connectivity index (χ0v) is 14.9. The van der Waals surface area contributed by atoms with E-state index >= 15 is 0 Å². The number of rotatable bonds is 4. The molecule has 2 heterocycles. The van der Waals surface area contributed by atoms with Crippen LogP contribution in [0.25, 0.3) is 0 Å². The Bertz CT molecular complexity index is 663. The lowest BCUT2D eigenvalue weighted by Crippen LogP contribution is -2.42. The van der Waals surface area contributed by atoms with Crippen LogP contribution in [0.5, 0.6) is 5.75 Å². The molecule has 0 saturated carbocycles. The summed E-state index contributed by atoms with van der Waals surface area (Å²) in [5, 5.41) is 0. The molecule has 3 rings (SSSR count). The molecule has 0 unspecified atom stereocenters. The number of ether oxygens (including phenoxy) is 3. The van der Waals surface area contributed by atoms with Crippen LogP contribution in [0, 0.1) is 5.92 Å². The number of carbonyl (C=O) groups is 2. The Morgan fingerprint density at radius 2 is 2.08 bits per heavy atom. The van der Waals surface area contributed by atoms with Gasteiger partial charge in [0, 0.05) is 32.2 Å². The van der Waals surface area contributed by atoms with Gasteiger partial charge in [0.1, 0.15) is 5.75 Å². The van der Waals surface area contributed by atoms with E-state index in [-0.39, 0.29) is 23.8 Å². The maximum absolute atomic E-state index is 12.5. The van der Waals surface area contributed by atoms with E-state index in [0.717, 1.165) is 17.9 Å². The van der Waals surface area contributed by atoms with Gasteiger partial charge < -0.3 is 19.1 Å². The minimum atomic E-state index is -0.375. The van der Waals surface area contributed by atoms with Crippen molar-refractivity contribution in [2.45, 2.75) is 12.6 Å². The molecule has 2 fully saturated rings. The Morgan fingerprint density at radius 3 is 2.80 bits per heavy atom. The molecular weight excluding hydrogens is 324 g/mol. The lowest BCUT2D eigenvalue weighted by Gasteiger charge is -2.29. The predicted octanol–water partition coefficient (Wildman–Crippen LogP) is 0.771. The number of hydrogen-bond acceptors (Lipinski definition) is 6. The lowest BCUT2D eigenvalue weighted by molar-refractivity contribution is -0.133. The zero-order chi connectivity index (χ0) is 18.0. The van der Waals surface area contributed by atoms with Gasteiger partial charge in [-0.05, 0) is 18.2 Å². The summed E-state index contributed by atoms with van der Waals surface area (Å²) in [6.07, 6.45) is 0. The first kappa shape index (κ1) is 17.7. The van der Waals surface area contributed by atoms with Crippen molar-refractivity contribution in [2.75, 3.05) is 47.6 Å². The maximum atomic E-state index is 12.5. The summed E-state index contributed by atoms with van der Waals surface area (Å²) in [5.41, 5.74) is 1.39. The summed E-state index contributed by atoms with van der Waals surface area (Å²) in [7, 11) is 4.82. The van der Waals surface area contributed by atoms with E-state index in [4.69, 9.17) is 14.2 Å². The van der Waals surface area contributed by atoms with Crippen LogP contribution in [0.1, 0.15) is 15.9 Å². The standard InChI is InChI=1S/C18H24N2O5/c1-19-15-9-20(8-14(17(19)21)10-25-11-15)7-13-6-12(18(22)24-3)4-5-16(13)23-2/h4-6,14-15H,7-11H2,1-3H3/t14-,15+/m1/s1. The first-order valence-electron chi connectivity index (χ1n) is 8.35. The molecule has 0 radical (unpaired) electrons. The van der Waals surface area contributed by atoms with Crippen LogP contribution >= 0.6 is 0 Å². The number of fused-ring (bicyclic) bond motifs is 3. The fourth-order valence-corrected chi connectivity index (χ4v) is 3.50. The van der Waals surface area contributed by atoms with E-state index in [1.807, 2.05) is 7.05 Å². The molecule has 136 valence electrons. The van der Waals surface area contributed by atoms with Gasteiger partial charge in [-0.2, -0.15) is 0 Å². The van der Waals surface area contributed by atoms with Gasteiger partial charge in [0.2, 0.25) is 5.91 Å². The van der Waals surface area contributed by atoms with E-state index in [1.54, 1.807) is 30.2 Å². The number of hydrogen-bond donors (Lipinski definition) is 0. The minimum absolute atomic E-state index is 0.0368. The number of nitrogens with zero attached hydrogens (tertiary/aromatic N) is 2. The second kappa shape index (κ2) is 7.41. The summed E-state index contributed by atoms with van der Waals surface area (Å²) in [5.74, 6) is 0.325. The van der Waals surface area contributed by atoms with Crippen LogP contribution in [0.15, 0.2) is 18.2 Å². The van der Waals surface area contributed by atoms with Crippen LogP contribution in [-0.2, 0) is 20.8 Å². The predicted molar refractivity (Wildman–Crippen MR) is 90.5 cm³/mol.